The molecule has 2 N–H and O–H groups in total. The average molecular weight is 429 g/mol. The smallest absolute Gasteiger partial charge is 0.344 e. The van der Waals surface area contributed by atoms with E-state index in [1.807, 2.05) is 0 Å². The van der Waals surface area contributed by atoms with Crippen LogP contribution in [0.4, 0.5) is 10.5 Å². The highest BCUT2D eigenvalue weighted by molar-refractivity contribution is 8.19. The van der Waals surface area contributed by atoms with Gasteiger partial charge in [0, 0.05) is 0 Å². The fourth-order valence-electron chi connectivity index (χ4n) is 2.83. The Morgan fingerprint density at radius 1 is 1.17 bits per heavy atom. The van der Waals surface area contributed by atoms with Gasteiger partial charge in [0.1, 0.15) is 5.75 Å². The predicted octanol–water partition coefficient (Wildman–Crippen LogP) is 3.80. The van der Waals surface area contributed by atoms with E-state index in [4.69, 9.17) is 14.6 Å². The number of aliphatic carboxylic acids is 1. The number of anilines is 1. The number of phenols is 1. The van der Waals surface area contributed by atoms with Crippen LogP contribution in [0.1, 0.15) is 18.1 Å². The molecule has 0 radical (unpaired) electrons. The highest BCUT2D eigenvalue weighted by Crippen LogP contribution is 2.38. The molecule has 1 aliphatic heterocycles. The number of carbonyl (C=O) groups excluding carboxylic acids is 2. The van der Waals surface area contributed by atoms with E-state index in [1.165, 1.54) is 32.2 Å². The summed E-state index contributed by atoms with van der Waals surface area (Å²) in [4.78, 5) is 37.6. The Morgan fingerprint density at radius 2 is 1.90 bits per heavy atom. The number of carboxylic acids is 1. The Morgan fingerprint density at radius 3 is 2.53 bits per heavy atom. The third-order valence-corrected chi connectivity index (χ3v) is 5.22. The molecule has 156 valence electrons. The Kier molecular flexibility index (Phi) is 6.02. The third-order valence-electron chi connectivity index (χ3n) is 4.35. The van der Waals surface area contributed by atoms with Crippen molar-refractivity contribution >= 4 is 40.6 Å². The number of carboxylic acid groups (broad SMARTS) is 1. The van der Waals surface area contributed by atoms with Crippen molar-refractivity contribution in [2.24, 2.45) is 0 Å². The molecule has 1 aliphatic rings. The molecule has 0 spiro atoms. The second-order valence-corrected chi connectivity index (χ2v) is 7.49. The first kappa shape index (κ1) is 21.3. The number of nitrogens with zero attached hydrogens (tertiary/aromatic N) is 1. The number of rotatable bonds is 6. The number of hydrogen-bond acceptors (Lipinski definition) is 7. The standard InChI is InChI=1S/C21H19NO7S/c1-11-8-14(23)5-6-15(11)22-19(24)18(30-21(22)27)10-13-4-7-16(17(9-13)28-3)29-12(2)20(25)26/h4-10,12,23H,1-3H3,(H,25,26)/b18-10+. The van der Waals surface area contributed by atoms with Crippen LogP contribution in [0.5, 0.6) is 17.2 Å². The molecule has 0 aromatic heterocycles. The van der Waals surface area contributed by atoms with Gasteiger partial charge in [0.05, 0.1) is 17.7 Å². The van der Waals surface area contributed by atoms with Crippen LogP contribution in [0.2, 0.25) is 0 Å². The maximum atomic E-state index is 12.8. The number of aromatic hydroxyl groups is 1. The molecule has 9 heteroatoms. The van der Waals surface area contributed by atoms with E-state index in [1.54, 1.807) is 31.2 Å². The van der Waals surface area contributed by atoms with E-state index < -0.39 is 23.2 Å². The van der Waals surface area contributed by atoms with E-state index in [0.29, 0.717) is 22.6 Å². The second kappa shape index (κ2) is 8.50. The van der Waals surface area contributed by atoms with Crippen LogP contribution in [0, 0.1) is 6.92 Å². The van der Waals surface area contributed by atoms with Crippen LogP contribution >= 0.6 is 11.8 Å². The Hall–Kier alpha value is -3.46. The normalized spacial score (nSPS) is 16.1. The summed E-state index contributed by atoms with van der Waals surface area (Å²) in [6, 6.07) is 9.16. The van der Waals surface area contributed by atoms with Crippen LogP contribution in [0.15, 0.2) is 41.3 Å². The average Bonchev–Trinajstić information content (AvgIpc) is 2.96. The van der Waals surface area contributed by atoms with E-state index in [0.717, 1.165) is 16.7 Å². The van der Waals surface area contributed by atoms with E-state index >= 15 is 0 Å². The van der Waals surface area contributed by atoms with Crippen molar-refractivity contribution < 1.29 is 34.1 Å². The number of methoxy groups -OCH3 is 1. The fraction of sp³-hybridized carbons (Fsp3) is 0.190. The molecule has 1 unspecified atom stereocenters. The summed E-state index contributed by atoms with van der Waals surface area (Å²) in [6.45, 7) is 3.10. The molecular weight excluding hydrogens is 410 g/mol. The van der Waals surface area contributed by atoms with Crippen molar-refractivity contribution in [3.8, 4) is 17.2 Å². The van der Waals surface area contributed by atoms with Gasteiger partial charge < -0.3 is 19.7 Å². The Labute approximate surface area is 176 Å². The molecular formula is C21H19NO7S. The molecule has 30 heavy (non-hydrogen) atoms. The number of phenolic OH excluding ortho intramolecular Hbond substituents is 1. The zero-order valence-corrected chi connectivity index (χ0v) is 17.2. The Balaban J connectivity index is 1.89. The van der Waals surface area contributed by atoms with E-state index in [-0.39, 0.29) is 16.4 Å². The zero-order valence-electron chi connectivity index (χ0n) is 16.4. The number of carbonyl (C=O) groups is 3. The summed E-state index contributed by atoms with van der Waals surface area (Å²) in [7, 11) is 1.42. The molecule has 2 aromatic carbocycles. The highest BCUT2D eigenvalue weighted by atomic mass is 32.2. The summed E-state index contributed by atoms with van der Waals surface area (Å²) < 4.78 is 10.6. The number of amides is 2. The summed E-state index contributed by atoms with van der Waals surface area (Å²) in [5, 5.41) is 18.1. The molecule has 3 rings (SSSR count). The van der Waals surface area contributed by atoms with Gasteiger partial charge in [-0.1, -0.05) is 6.07 Å². The zero-order chi connectivity index (χ0) is 22.0. The van der Waals surface area contributed by atoms with Crippen molar-refractivity contribution in [3.63, 3.8) is 0 Å². The predicted molar refractivity (Wildman–Crippen MR) is 112 cm³/mol. The van der Waals surface area contributed by atoms with Gasteiger partial charge in [0.15, 0.2) is 17.6 Å². The van der Waals surface area contributed by atoms with Gasteiger partial charge in [-0.25, -0.2) is 9.69 Å². The molecule has 2 amide bonds. The minimum Gasteiger partial charge on any atom is -0.508 e. The molecule has 2 aromatic rings. The van der Waals surface area contributed by atoms with Crippen LogP contribution in [-0.2, 0) is 9.59 Å². The van der Waals surface area contributed by atoms with Gasteiger partial charge in [-0.2, -0.15) is 0 Å². The minimum absolute atomic E-state index is 0.0467. The third kappa shape index (κ3) is 4.25. The van der Waals surface area contributed by atoms with Crippen LogP contribution in [0.3, 0.4) is 0 Å². The summed E-state index contributed by atoms with van der Waals surface area (Å²) in [5.74, 6) is -0.995. The first-order chi connectivity index (χ1) is 14.2. The minimum atomic E-state index is -1.11. The van der Waals surface area contributed by atoms with Gasteiger partial charge >= 0.3 is 5.97 Å². The second-order valence-electron chi connectivity index (χ2n) is 6.50. The monoisotopic (exact) mass is 429 g/mol. The van der Waals surface area contributed by atoms with Crippen molar-refractivity contribution in [3.05, 3.63) is 52.4 Å². The maximum Gasteiger partial charge on any atom is 0.344 e. The van der Waals surface area contributed by atoms with Gasteiger partial charge in [-0.05, 0) is 73.1 Å². The molecule has 1 heterocycles. The topological polar surface area (TPSA) is 113 Å². The number of hydrogen-bond donors (Lipinski definition) is 2. The maximum absolute atomic E-state index is 12.8. The first-order valence-corrected chi connectivity index (χ1v) is 9.68. The van der Waals surface area contributed by atoms with Crippen molar-refractivity contribution in [1.29, 1.82) is 0 Å². The summed E-state index contributed by atoms with van der Waals surface area (Å²) in [6.07, 6.45) is 0.489. The number of aryl methyl sites for hydroxylation is 1. The molecule has 1 fully saturated rings. The van der Waals surface area contributed by atoms with Gasteiger partial charge in [-0.15, -0.1) is 0 Å². The quantitative estimate of drug-likeness (QED) is 0.667. The number of benzene rings is 2. The summed E-state index contributed by atoms with van der Waals surface area (Å²) in [5.41, 5.74) is 1.58. The fourth-order valence-corrected chi connectivity index (χ4v) is 3.66. The molecule has 1 saturated heterocycles. The number of imide groups is 1. The molecule has 0 aliphatic carbocycles. The lowest BCUT2D eigenvalue weighted by Crippen LogP contribution is -2.28. The number of thioether (sulfide) groups is 1. The van der Waals surface area contributed by atoms with E-state index in [9.17, 15) is 19.5 Å². The molecule has 0 saturated carbocycles. The Bertz CT molecular complexity index is 1060. The SMILES string of the molecule is COc1cc(/C=C2/SC(=O)N(c3ccc(O)cc3C)C2=O)ccc1OC(C)C(=O)O. The highest BCUT2D eigenvalue weighted by Gasteiger charge is 2.37. The van der Waals surface area contributed by atoms with Gasteiger partial charge in [-0.3, -0.25) is 9.59 Å². The lowest BCUT2D eigenvalue weighted by molar-refractivity contribution is -0.144. The molecule has 1 atom stereocenters. The molecule has 8 nitrogen and oxygen atoms in total. The number of ether oxygens (including phenoxy) is 2. The van der Waals surface area contributed by atoms with Crippen LogP contribution in [0.25, 0.3) is 6.08 Å². The molecule has 0 bridgehead atoms. The summed E-state index contributed by atoms with van der Waals surface area (Å²) >= 11 is 0.803. The van der Waals surface area contributed by atoms with Crippen molar-refractivity contribution in [2.45, 2.75) is 20.0 Å². The van der Waals surface area contributed by atoms with Crippen molar-refractivity contribution in [1.82, 2.24) is 0 Å². The lowest BCUT2D eigenvalue weighted by atomic mass is 10.1. The van der Waals surface area contributed by atoms with Gasteiger partial charge in [0.25, 0.3) is 11.1 Å². The van der Waals surface area contributed by atoms with E-state index in [2.05, 4.69) is 0 Å². The first-order valence-electron chi connectivity index (χ1n) is 8.86. The van der Waals surface area contributed by atoms with Gasteiger partial charge in [0.2, 0.25) is 0 Å². The van der Waals surface area contributed by atoms with Crippen LogP contribution in [-0.4, -0.2) is 40.5 Å². The lowest BCUT2D eigenvalue weighted by Gasteiger charge is -2.15. The largest absolute Gasteiger partial charge is 0.508 e. The van der Waals surface area contributed by atoms with Crippen molar-refractivity contribution in [2.75, 3.05) is 12.0 Å². The van der Waals surface area contributed by atoms with Crippen LogP contribution < -0.4 is 14.4 Å².